The van der Waals surface area contributed by atoms with Crippen molar-refractivity contribution in [2.45, 2.75) is 25.1 Å². The summed E-state index contributed by atoms with van der Waals surface area (Å²) in [6, 6.07) is 8.70. The van der Waals surface area contributed by atoms with Crippen LogP contribution in [0.1, 0.15) is 35.8 Å². The first-order chi connectivity index (χ1) is 15.5. The summed E-state index contributed by atoms with van der Waals surface area (Å²) in [6.45, 7) is 4.91. The highest BCUT2D eigenvalue weighted by molar-refractivity contribution is 6.31. The summed E-state index contributed by atoms with van der Waals surface area (Å²) in [4.78, 5) is 11.8. The largest absolute Gasteiger partial charge is 0.434 e. The van der Waals surface area contributed by atoms with E-state index in [1.54, 1.807) is 0 Å². The summed E-state index contributed by atoms with van der Waals surface area (Å²) < 4.78 is 39.3. The van der Waals surface area contributed by atoms with Gasteiger partial charge >= 0.3 is 6.18 Å². The fourth-order valence-corrected chi connectivity index (χ4v) is 5.00. The second-order valence-electron chi connectivity index (χ2n) is 8.77. The molecule has 2 N–H and O–H groups in total. The van der Waals surface area contributed by atoms with Crippen molar-refractivity contribution < 1.29 is 13.2 Å². The quantitative estimate of drug-likeness (QED) is 0.435. The van der Waals surface area contributed by atoms with E-state index >= 15 is 0 Å². The Morgan fingerprint density at radius 2 is 1.97 bits per heavy atom. The number of rotatable bonds is 6. The minimum Gasteiger partial charge on any atom is -0.369 e. The zero-order chi connectivity index (χ0) is 23.9. The number of likely N-dealkylation sites (N-methyl/N-ethyl adjacent to an activating group) is 1. The first-order valence-electron chi connectivity index (χ1n) is 10.7. The number of fused-ring (bicyclic) bond motifs is 3. The Balaban J connectivity index is 1.55. The third-order valence-corrected chi connectivity index (χ3v) is 6.50. The number of nitrogens with zero attached hydrogens (tertiary/aromatic N) is 3. The Morgan fingerprint density at radius 3 is 2.67 bits per heavy atom. The van der Waals surface area contributed by atoms with Crippen molar-refractivity contribution in [3.05, 3.63) is 57.3 Å². The Morgan fingerprint density at radius 1 is 1.21 bits per heavy atom. The number of H-pyrrole nitrogens is 1. The third kappa shape index (κ3) is 5.09. The van der Waals surface area contributed by atoms with E-state index in [2.05, 4.69) is 32.0 Å². The lowest BCUT2D eigenvalue weighted by Crippen LogP contribution is -2.43. The van der Waals surface area contributed by atoms with Crippen LogP contribution in [0.3, 0.4) is 0 Å². The van der Waals surface area contributed by atoms with E-state index in [1.165, 1.54) is 23.4 Å². The van der Waals surface area contributed by atoms with Crippen LogP contribution < -0.4 is 5.32 Å². The van der Waals surface area contributed by atoms with Crippen LogP contribution in [0.4, 0.5) is 19.0 Å². The van der Waals surface area contributed by atoms with Gasteiger partial charge in [-0.15, -0.1) is 0 Å². The number of anilines is 1. The molecule has 5 nitrogen and oxygen atoms in total. The van der Waals surface area contributed by atoms with Crippen LogP contribution >= 0.6 is 23.2 Å². The van der Waals surface area contributed by atoms with Crippen LogP contribution in [-0.2, 0) is 6.18 Å². The van der Waals surface area contributed by atoms with Gasteiger partial charge < -0.3 is 15.2 Å². The number of alkyl halides is 3. The second-order valence-corrected chi connectivity index (χ2v) is 9.61. The summed E-state index contributed by atoms with van der Waals surface area (Å²) in [5, 5.41) is 4.48. The molecule has 0 bridgehead atoms. The molecule has 0 amide bonds. The van der Waals surface area contributed by atoms with Crippen LogP contribution in [0.5, 0.6) is 0 Å². The van der Waals surface area contributed by atoms with E-state index in [0.717, 1.165) is 24.0 Å². The average Bonchev–Trinajstić information content (AvgIpc) is 3.10. The lowest BCUT2D eigenvalue weighted by Gasteiger charge is -2.40. The topological polar surface area (TPSA) is 47.2 Å². The van der Waals surface area contributed by atoms with Gasteiger partial charge in [0.1, 0.15) is 5.82 Å². The van der Waals surface area contributed by atoms with Crippen LogP contribution in [0, 0.1) is 0 Å². The molecule has 2 atom stereocenters. The van der Waals surface area contributed by atoms with E-state index in [1.807, 2.05) is 32.3 Å². The first-order valence-corrected chi connectivity index (χ1v) is 11.5. The fourth-order valence-electron chi connectivity index (χ4n) is 4.62. The molecule has 33 heavy (non-hydrogen) atoms. The Bertz CT molecular complexity index is 1150. The summed E-state index contributed by atoms with van der Waals surface area (Å²) in [5.74, 6) is 0.429. The van der Waals surface area contributed by atoms with Gasteiger partial charge in [-0.3, -0.25) is 4.90 Å². The molecule has 4 rings (SSSR count). The van der Waals surface area contributed by atoms with Crippen molar-refractivity contribution in [3.63, 3.8) is 0 Å². The molecule has 178 valence electrons. The number of nitrogens with one attached hydrogen (secondary N) is 2. The maximum Gasteiger partial charge on any atom is 0.434 e. The summed E-state index contributed by atoms with van der Waals surface area (Å²) in [6.07, 6.45) is -4.59. The van der Waals surface area contributed by atoms with Gasteiger partial charge in [-0.1, -0.05) is 30.1 Å². The summed E-state index contributed by atoms with van der Waals surface area (Å²) in [7, 11) is 4.06. The van der Waals surface area contributed by atoms with Crippen molar-refractivity contribution in [1.82, 2.24) is 19.8 Å². The molecule has 2 aromatic heterocycles. The highest BCUT2D eigenvalue weighted by Crippen LogP contribution is 2.41. The minimum absolute atomic E-state index is 0.114. The van der Waals surface area contributed by atoms with Crippen LogP contribution in [0.25, 0.3) is 10.9 Å². The zero-order valence-electron chi connectivity index (χ0n) is 18.6. The highest BCUT2D eigenvalue weighted by atomic mass is 35.5. The average molecular weight is 500 g/mol. The van der Waals surface area contributed by atoms with Gasteiger partial charge in [0.25, 0.3) is 0 Å². The summed E-state index contributed by atoms with van der Waals surface area (Å²) >= 11 is 11.9. The van der Waals surface area contributed by atoms with Gasteiger partial charge in [0.15, 0.2) is 5.69 Å². The molecular weight excluding hydrogens is 474 g/mol. The lowest BCUT2D eigenvalue weighted by atomic mass is 9.89. The van der Waals surface area contributed by atoms with Gasteiger partial charge in [0, 0.05) is 47.8 Å². The molecule has 1 aliphatic heterocycles. The molecule has 3 aromatic rings. The smallest absolute Gasteiger partial charge is 0.369 e. The minimum atomic E-state index is -4.59. The van der Waals surface area contributed by atoms with Crippen molar-refractivity contribution in [3.8, 4) is 0 Å². The maximum absolute atomic E-state index is 13.1. The second kappa shape index (κ2) is 9.33. The van der Waals surface area contributed by atoms with Crippen molar-refractivity contribution in [2.75, 3.05) is 45.6 Å². The van der Waals surface area contributed by atoms with Gasteiger partial charge in [-0.05, 0) is 55.9 Å². The predicted octanol–water partition coefficient (Wildman–Crippen LogP) is 6.02. The molecule has 1 aliphatic rings. The fraction of sp³-hybridized carbons (Fsp3) is 0.435. The van der Waals surface area contributed by atoms with Crippen LogP contribution in [-0.4, -0.2) is 60.0 Å². The molecule has 3 heterocycles. The zero-order valence-corrected chi connectivity index (χ0v) is 20.1. The highest BCUT2D eigenvalue weighted by Gasteiger charge is 2.36. The molecule has 0 saturated carbocycles. The van der Waals surface area contributed by atoms with Crippen LogP contribution in [0.2, 0.25) is 10.0 Å². The van der Waals surface area contributed by atoms with Crippen molar-refractivity contribution in [1.29, 1.82) is 0 Å². The first kappa shape index (κ1) is 24.1. The van der Waals surface area contributed by atoms with E-state index in [4.69, 9.17) is 23.2 Å². The number of benzene rings is 1. The number of aromatic nitrogens is 2. The standard InChI is InChI=1S/C23H26Cl2F3N5/c1-13-11-33(9-8-29-19-7-5-16(25)22(31-19)23(26,27)28)18(12-32(2)3)21-20(13)15-10-14(24)4-6-17(15)30-21/h4-7,10,13,18,30H,8-9,11-12H2,1-3H3,(H,29,31). The predicted molar refractivity (Wildman–Crippen MR) is 127 cm³/mol. The lowest BCUT2D eigenvalue weighted by molar-refractivity contribution is -0.141. The van der Waals surface area contributed by atoms with E-state index in [-0.39, 0.29) is 17.8 Å². The molecule has 0 aliphatic carbocycles. The monoisotopic (exact) mass is 499 g/mol. The summed E-state index contributed by atoms with van der Waals surface area (Å²) in [5.41, 5.74) is 2.44. The molecule has 10 heteroatoms. The number of halogens is 5. The van der Waals surface area contributed by atoms with Gasteiger partial charge in [-0.25, -0.2) is 4.98 Å². The SMILES string of the molecule is CC1CN(CCNc2ccc(Cl)c(C(F)(F)F)n2)C(CN(C)C)c2[nH]c3ccc(Cl)cc3c21. The number of pyridine rings is 1. The maximum atomic E-state index is 13.1. The van der Waals surface area contributed by atoms with Crippen molar-refractivity contribution in [2.24, 2.45) is 0 Å². The normalized spacial score (nSPS) is 19.3. The molecule has 0 spiro atoms. The van der Waals surface area contributed by atoms with E-state index in [9.17, 15) is 13.2 Å². The molecular formula is C23H26Cl2F3N5. The molecule has 0 saturated heterocycles. The van der Waals surface area contributed by atoms with E-state index < -0.39 is 16.9 Å². The van der Waals surface area contributed by atoms with Gasteiger partial charge in [-0.2, -0.15) is 13.2 Å². The molecule has 1 aromatic carbocycles. The Hall–Kier alpha value is -2.00. The van der Waals surface area contributed by atoms with E-state index in [0.29, 0.717) is 18.1 Å². The Labute approximate surface area is 200 Å². The van der Waals surface area contributed by atoms with Crippen LogP contribution in [0.15, 0.2) is 30.3 Å². The van der Waals surface area contributed by atoms with Crippen molar-refractivity contribution >= 4 is 39.9 Å². The molecule has 2 unspecified atom stereocenters. The van der Waals surface area contributed by atoms with Gasteiger partial charge in [0.05, 0.1) is 11.1 Å². The molecule has 0 fully saturated rings. The number of hydrogen-bond acceptors (Lipinski definition) is 4. The molecule has 0 radical (unpaired) electrons. The number of aromatic amines is 1. The van der Waals surface area contributed by atoms with Gasteiger partial charge in [0.2, 0.25) is 0 Å². The number of hydrogen-bond donors (Lipinski definition) is 2. The Kier molecular flexibility index (Phi) is 6.82. The third-order valence-electron chi connectivity index (χ3n) is 5.96.